The molecule has 44 heavy (non-hydrogen) atoms. The van der Waals surface area contributed by atoms with Gasteiger partial charge in [-0.25, -0.2) is 0 Å². The zero-order valence-corrected chi connectivity index (χ0v) is 27.5. The molecule has 0 saturated heterocycles. The summed E-state index contributed by atoms with van der Waals surface area (Å²) >= 11 is 7.78. The Kier molecular flexibility index (Phi) is 14.7. The summed E-state index contributed by atoms with van der Waals surface area (Å²) in [4.78, 5) is 23.3. The Hall–Kier alpha value is -3.38. The highest BCUT2D eigenvalue weighted by Crippen LogP contribution is 2.34. The smallest absolute Gasteiger partial charge is 0.344 e. The summed E-state index contributed by atoms with van der Waals surface area (Å²) in [7, 11) is 0. The van der Waals surface area contributed by atoms with Crippen LogP contribution < -0.4 is 21.0 Å². The predicted octanol–water partition coefficient (Wildman–Crippen LogP) is 3.04. The lowest BCUT2D eigenvalue weighted by molar-refractivity contribution is -0.121. The maximum atomic E-state index is 11.4. The van der Waals surface area contributed by atoms with Gasteiger partial charge in [0.1, 0.15) is 16.4 Å². The van der Waals surface area contributed by atoms with Crippen molar-refractivity contribution in [3.63, 3.8) is 0 Å². The van der Waals surface area contributed by atoms with Crippen LogP contribution in [0.4, 0.5) is 0 Å². The molecule has 13 heteroatoms. The lowest BCUT2D eigenvalue weighted by Gasteiger charge is -2.07. The van der Waals surface area contributed by atoms with Crippen LogP contribution in [0.15, 0.2) is 24.3 Å². The third-order valence-electron chi connectivity index (χ3n) is 6.75. The van der Waals surface area contributed by atoms with E-state index in [1.165, 1.54) is 17.4 Å². The second-order valence-corrected chi connectivity index (χ2v) is 11.8. The molecule has 1 aliphatic rings. The Balaban J connectivity index is 0.000000242. The number of fused-ring (bicyclic) bond motifs is 3. The number of ether oxygens (including phenoxy) is 2. The number of nitrogens with one attached hydrogen (secondary N) is 2. The molecule has 0 aliphatic carbocycles. The van der Waals surface area contributed by atoms with E-state index in [0.29, 0.717) is 52.5 Å². The van der Waals surface area contributed by atoms with E-state index in [-0.39, 0.29) is 11.8 Å². The fourth-order valence-electron chi connectivity index (χ4n) is 4.35. The molecule has 2 aromatic heterocycles. The Morgan fingerprint density at radius 3 is 2.32 bits per heavy atom. The zero-order valence-electron chi connectivity index (χ0n) is 26.0. The van der Waals surface area contributed by atoms with Crippen LogP contribution in [0.5, 0.6) is 0 Å². The van der Waals surface area contributed by atoms with Crippen molar-refractivity contribution in [1.82, 2.24) is 30.1 Å². The molecule has 238 valence electrons. The molecule has 11 nitrogen and oxygen atoms in total. The Morgan fingerprint density at radius 2 is 1.66 bits per heavy atom. The number of thiophene rings is 1. The van der Waals surface area contributed by atoms with Crippen LogP contribution in [0.25, 0.3) is 5.00 Å². The number of aromatic nitrogens is 3. The minimum absolute atomic E-state index is 0.0576. The van der Waals surface area contributed by atoms with Gasteiger partial charge in [0.15, 0.2) is 0 Å². The van der Waals surface area contributed by atoms with Crippen LogP contribution in [-0.2, 0) is 19.1 Å². The van der Waals surface area contributed by atoms with Gasteiger partial charge in [0, 0.05) is 36.3 Å². The molecule has 0 saturated carbocycles. The molecular weight excluding hydrogens is 602 g/mol. The van der Waals surface area contributed by atoms with Gasteiger partial charge in [-0.3, -0.25) is 14.2 Å². The van der Waals surface area contributed by atoms with Gasteiger partial charge in [-0.1, -0.05) is 22.7 Å². The number of nitrogens with zero attached hydrogens (tertiary/aromatic N) is 4. The van der Waals surface area contributed by atoms with E-state index in [9.17, 15) is 9.59 Å². The van der Waals surface area contributed by atoms with Gasteiger partial charge >= 0.3 is 11.9 Å². The molecule has 0 spiro atoms. The number of carbonyl (C=O) groups is 2. The van der Waals surface area contributed by atoms with E-state index in [0.717, 1.165) is 57.8 Å². The molecule has 1 aliphatic heterocycles. The fourth-order valence-corrected chi connectivity index (χ4v) is 5.69. The maximum Gasteiger partial charge on any atom is 0.344 e. The van der Waals surface area contributed by atoms with E-state index >= 15 is 0 Å². The summed E-state index contributed by atoms with van der Waals surface area (Å²) < 4.78 is 17.4. The van der Waals surface area contributed by atoms with Crippen molar-refractivity contribution in [3.8, 4) is 5.00 Å². The average Bonchev–Trinajstić information content (AvgIpc) is 3.45. The van der Waals surface area contributed by atoms with Crippen LogP contribution >= 0.6 is 22.9 Å². The van der Waals surface area contributed by atoms with Gasteiger partial charge in [0.25, 0.3) is 0 Å². The number of rotatable bonds is 15. The number of unbranched alkanes of at least 4 members (excludes halogenated alkanes) is 2. The van der Waals surface area contributed by atoms with Crippen molar-refractivity contribution < 1.29 is 19.1 Å². The molecule has 0 atom stereocenters. The van der Waals surface area contributed by atoms with Crippen molar-refractivity contribution in [2.75, 3.05) is 46.1 Å². The first-order valence-electron chi connectivity index (χ1n) is 14.8. The SMILES string of the molecule is CC(=O)NCCOCCOCCNC(=O)CCCCCN.Cc1sc2c(c1C)C(c1ccc(Cl)cc1)=[N+]=Cc1nnc(C)n1-2. The number of hydrogen-bond acceptors (Lipinski definition) is 8. The highest BCUT2D eigenvalue weighted by atomic mass is 35.5. The summed E-state index contributed by atoms with van der Waals surface area (Å²) in [5.74, 6) is 1.62. The number of nitrogens with two attached hydrogens (primary N) is 1. The monoisotopic (exact) mass is 644 g/mol. The fraction of sp³-hybridized carbons (Fsp3) is 0.484. The maximum absolute atomic E-state index is 11.4. The quantitative estimate of drug-likeness (QED) is 0.133. The lowest BCUT2D eigenvalue weighted by atomic mass is 10.0. The van der Waals surface area contributed by atoms with E-state index in [4.69, 9.17) is 31.5 Å². The molecule has 4 N–H and O–H groups in total. The second kappa shape index (κ2) is 18.4. The zero-order chi connectivity index (χ0) is 31.9. The van der Waals surface area contributed by atoms with Crippen LogP contribution in [-0.4, -0.2) is 84.6 Å². The summed E-state index contributed by atoms with van der Waals surface area (Å²) in [6.07, 6.45) is 5.18. The normalized spacial score (nSPS) is 11.5. The van der Waals surface area contributed by atoms with Crippen LogP contribution in [0.3, 0.4) is 0 Å². The highest BCUT2D eigenvalue weighted by Gasteiger charge is 2.31. The molecule has 0 unspecified atom stereocenters. The minimum atomic E-state index is -0.0615. The number of hydrogen-bond donors (Lipinski definition) is 3. The first-order valence-corrected chi connectivity index (χ1v) is 16.0. The van der Waals surface area contributed by atoms with E-state index in [2.05, 4.69) is 39.2 Å². The predicted molar refractivity (Wildman–Crippen MR) is 176 cm³/mol. The van der Waals surface area contributed by atoms with Gasteiger partial charge in [-0.05, 0) is 70.0 Å². The van der Waals surface area contributed by atoms with Crippen LogP contribution in [0, 0.1) is 20.8 Å². The third kappa shape index (κ3) is 10.7. The Labute approximate surface area is 267 Å². The standard InChI is InChI=1S/C17H14ClN4S.C14H29N3O4/c1-9-10(2)23-17-15(9)16(12-4-6-13(18)7-5-12)19-8-14-21-20-11(3)22(14)17;1-13(18)16-7-9-20-11-12-21-10-8-17-14(19)5-3-2-4-6-15/h4-8H,1-3H3;2-12,15H2,1H3,(H,16,18)(H,17,19)/q+1;. The van der Waals surface area contributed by atoms with Gasteiger partial charge in [0.05, 0.1) is 32.0 Å². The molecule has 3 aromatic rings. The molecule has 1 aromatic carbocycles. The molecule has 3 heterocycles. The lowest BCUT2D eigenvalue weighted by Crippen LogP contribution is -2.27. The van der Waals surface area contributed by atoms with Crippen LogP contribution in [0.1, 0.15) is 65.8 Å². The highest BCUT2D eigenvalue weighted by molar-refractivity contribution is 7.15. The van der Waals surface area contributed by atoms with Gasteiger partial charge in [0.2, 0.25) is 17.6 Å². The minimum Gasteiger partial charge on any atom is -0.377 e. The van der Waals surface area contributed by atoms with E-state index in [1.807, 2.05) is 31.2 Å². The van der Waals surface area contributed by atoms with Crippen molar-refractivity contribution in [1.29, 1.82) is 0 Å². The van der Waals surface area contributed by atoms with Crippen molar-refractivity contribution in [2.45, 2.75) is 53.4 Å². The number of carbonyl (C=O) groups excluding carboxylic acids is 2. The summed E-state index contributed by atoms with van der Waals surface area (Å²) in [6.45, 7) is 11.3. The van der Waals surface area contributed by atoms with E-state index < -0.39 is 0 Å². The van der Waals surface area contributed by atoms with Gasteiger partial charge in [-0.2, -0.15) is 0 Å². The first kappa shape index (κ1) is 35.1. The molecule has 2 amide bonds. The molecule has 4 rings (SSSR count). The topological polar surface area (TPSA) is 147 Å². The Morgan fingerprint density at radius 1 is 0.977 bits per heavy atom. The van der Waals surface area contributed by atoms with Gasteiger partial charge < -0.3 is 25.8 Å². The largest absolute Gasteiger partial charge is 0.377 e. The third-order valence-corrected chi connectivity index (χ3v) is 8.20. The number of aryl methyl sites for hydroxylation is 2. The summed E-state index contributed by atoms with van der Waals surface area (Å²) in [6, 6.07) is 7.79. The number of halogens is 1. The first-order chi connectivity index (χ1) is 21.2. The summed E-state index contributed by atoms with van der Waals surface area (Å²) in [5.41, 5.74) is 9.76. The molecule has 0 bridgehead atoms. The van der Waals surface area contributed by atoms with Crippen molar-refractivity contribution in [2.24, 2.45) is 5.73 Å². The Bertz CT molecular complexity index is 1450. The average molecular weight is 645 g/mol. The molecule has 0 fully saturated rings. The van der Waals surface area contributed by atoms with Crippen molar-refractivity contribution in [3.05, 3.63) is 62.5 Å². The van der Waals surface area contributed by atoms with Crippen molar-refractivity contribution >= 4 is 46.7 Å². The second-order valence-electron chi connectivity index (χ2n) is 10.2. The van der Waals surface area contributed by atoms with E-state index in [1.54, 1.807) is 17.6 Å². The summed E-state index contributed by atoms with van der Waals surface area (Å²) in [5, 5.41) is 15.7. The number of benzene rings is 1. The molecule has 0 radical (unpaired) electrons. The molecular formula is C31H43ClN7O4S+. The van der Waals surface area contributed by atoms with Crippen LogP contribution in [0.2, 0.25) is 5.02 Å². The number of amides is 2. The van der Waals surface area contributed by atoms with Gasteiger partial charge in [-0.15, -0.1) is 21.5 Å².